The number of fused-ring (bicyclic) bond motifs is 1. The smallest absolute Gasteiger partial charge is 0.255 e. The molecule has 0 aliphatic heterocycles. The van der Waals surface area contributed by atoms with Crippen LogP contribution in [0.4, 0.5) is 11.4 Å². The second-order valence-electron chi connectivity index (χ2n) is 6.81. The number of rotatable bonds is 6. The summed E-state index contributed by atoms with van der Waals surface area (Å²) in [4.78, 5) is 24.8. The van der Waals surface area contributed by atoms with Crippen molar-refractivity contribution < 1.29 is 14.0 Å². The molecule has 5 heteroatoms. The molecular weight excluding hydrogens is 364 g/mol. The number of nitrogens with two attached hydrogens (primary N) is 1. The van der Waals surface area contributed by atoms with Gasteiger partial charge in [0.15, 0.2) is 11.5 Å². The first-order valence-corrected chi connectivity index (χ1v) is 9.37. The molecule has 29 heavy (non-hydrogen) atoms. The highest BCUT2D eigenvalue weighted by molar-refractivity contribution is 6.05. The summed E-state index contributed by atoms with van der Waals surface area (Å²) in [6.45, 7) is 0. The average molecular weight is 384 g/mol. The fourth-order valence-corrected chi connectivity index (χ4v) is 3.13. The molecule has 0 fully saturated rings. The number of hydrogen-bond donors (Lipinski definition) is 2. The lowest BCUT2D eigenvalue weighted by atomic mass is 10.0. The van der Waals surface area contributed by atoms with Crippen LogP contribution < -0.4 is 11.1 Å². The van der Waals surface area contributed by atoms with Crippen LogP contribution in [0.25, 0.3) is 11.0 Å². The molecule has 0 atom stereocenters. The minimum atomic E-state index is -0.229. The molecule has 1 amide bonds. The minimum Gasteiger partial charge on any atom is -0.453 e. The van der Waals surface area contributed by atoms with E-state index in [1.165, 1.54) is 0 Å². The zero-order chi connectivity index (χ0) is 20.2. The van der Waals surface area contributed by atoms with Gasteiger partial charge in [0.2, 0.25) is 0 Å². The molecule has 1 aromatic heterocycles. The molecule has 4 rings (SSSR count). The van der Waals surface area contributed by atoms with E-state index in [0.29, 0.717) is 41.1 Å². The van der Waals surface area contributed by atoms with E-state index < -0.39 is 0 Å². The van der Waals surface area contributed by atoms with E-state index >= 15 is 0 Å². The molecule has 0 bridgehead atoms. The molecule has 144 valence electrons. The first kappa shape index (κ1) is 18.5. The summed E-state index contributed by atoms with van der Waals surface area (Å²) in [5.74, 6) is 0.109. The maximum absolute atomic E-state index is 12.4. The number of nitrogens with one attached hydrogen (secondary N) is 1. The van der Waals surface area contributed by atoms with Crippen molar-refractivity contribution in [3.63, 3.8) is 0 Å². The van der Waals surface area contributed by atoms with Crippen molar-refractivity contribution in [1.29, 1.82) is 0 Å². The van der Waals surface area contributed by atoms with E-state index in [0.717, 1.165) is 10.9 Å². The molecule has 0 aliphatic carbocycles. The van der Waals surface area contributed by atoms with Crippen molar-refractivity contribution >= 4 is 34.0 Å². The first-order valence-electron chi connectivity index (χ1n) is 9.37. The Morgan fingerprint density at radius 2 is 1.62 bits per heavy atom. The summed E-state index contributed by atoms with van der Waals surface area (Å²) in [5, 5.41) is 3.72. The molecule has 3 aromatic carbocycles. The average Bonchev–Trinajstić information content (AvgIpc) is 3.18. The Morgan fingerprint density at radius 1 is 0.897 bits per heavy atom. The first-order chi connectivity index (χ1) is 14.1. The van der Waals surface area contributed by atoms with E-state index in [1.54, 1.807) is 30.3 Å². The topological polar surface area (TPSA) is 85.3 Å². The molecule has 0 unspecified atom stereocenters. The third-order valence-corrected chi connectivity index (χ3v) is 4.77. The quantitative estimate of drug-likeness (QED) is 0.358. The molecule has 1 heterocycles. The monoisotopic (exact) mass is 384 g/mol. The fourth-order valence-electron chi connectivity index (χ4n) is 3.13. The molecular formula is C24H20N2O3. The van der Waals surface area contributed by atoms with Crippen LogP contribution in [-0.4, -0.2) is 11.7 Å². The zero-order valence-electron chi connectivity index (χ0n) is 15.7. The van der Waals surface area contributed by atoms with E-state index in [4.69, 9.17) is 10.2 Å². The van der Waals surface area contributed by atoms with Crippen molar-refractivity contribution in [2.24, 2.45) is 0 Å². The lowest BCUT2D eigenvalue weighted by Crippen LogP contribution is -2.13. The number of carbonyl (C=O) groups excluding carboxylic acids is 2. The zero-order valence-corrected chi connectivity index (χ0v) is 15.7. The fraction of sp³-hybridized carbons (Fsp3) is 0.0833. The van der Waals surface area contributed by atoms with Crippen molar-refractivity contribution in [1.82, 2.24) is 0 Å². The van der Waals surface area contributed by atoms with Gasteiger partial charge in [0.05, 0.1) is 11.4 Å². The van der Waals surface area contributed by atoms with Crippen LogP contribution in [0.5, 0.6) is 0 Å². The van der Waals surface area contributed by atoms with Crippen molar-refractivity contribution in [3.05, 3.63) is 95.7 Å². The largest absolute Gasteiger partial charge is 0.453 e. The summed E-state index contributed by atoms with van der Waals surface area (Å²) in [6, 6.07) is 23.7. The van der Waals surface area contributed by atoms with Gasteiger partial charge in [-0.15, -0.1) is 0 Å². The van der Waals surface area contributed by atoms with Crippen LogP contribution in [0.3, 0.4) is 0 Å². The van der Waals surface area contributed by atoms with Crippen LogP contribution in [0.15, 0.2) is 83.3 Å². The molecule has 4 aromatic rings. The number of aryl methyl sites for hydroxylation is 1. The highest BCUT2D eigenvalue weighted by atomic mass is 16.3. The Morgan fingerprint density at radius 3 is 2.38 bits per heavy atom. The highest BCUT2D eigenvalue weighted by Gasteiger charge is 2.13. The van der Waals surface area contributed by atoms with E-state index in [2.05, 4.69) is 5.32 Å². The van der Waals surface area contributed by atoms with Crippen molar-refractivity contribution in [2.45, 2.75) is 12.8 Å². The van der Waals surface area contributed by atoms with Crippen molar-refractivity contribution in [2.75, 3.05) is 11.1 Å². The van der Waals surface area contributed by atoms with Gasteiger partial charge in [-0.1, -0.05) is 42.5 Å². The van der Waals surface area contributed by atoms with Gasteiger partial charge in [0, 0.05) is 17.4 Å². The number of hydrogen-bond acceptors (Lipinski definition) is 4. The number of benzene rings is 3. The highest BCUT2D eigenvalue weighted by Crippen LogP contribution is 2.21. The molecule has 3 N–H and O–H groups in total. The normalized spacial score (nSPS) is 10.8. The number of para-hydroxylation sites is 3. The number of furan rings is 1. The maximum Gasteiger partial charge on any atom is 0.255 e. The van der Waals surface area contributed by atoms with Gasteiger partial charge in [0.1, 0.15) is 5.58 Å². The number of anilines is 2. The lowest BCUT2D eigenvalue weighted by Gasteiger charge is -2.08. The second-order valence-corrected chi connectivity index (χ2v) is 6.81. The maximum atomic E-state index is 12.4. The third kappa shape index (κ3) is 4.19. The Kier molecular flexibility index (Phi) is 5.12. The van der Waals surface area contributed by atoms with Crippen LogP contribution in [0, 0.1) is 0 Å². The summed E-state index contributed by atoms with van der Waals surface area (Å²) < 4.78 is 5.62. The standard InChI is InChI=1S/C24H20N2O3/c25-19-6-2-3-7-20(19)26-24(28)17-12-9-16(10-13-17)11-14-21(27)23-15-18-5-1-4-8-22(18)29-23/h1-10,12-13,15H,11,14,25H2,(H,26,28). The predicted molar refractivity (Wildman–Crippen MR) is 114 cm³/mol. The van der Waals surface area contributed by atoms with Gasteiger partial charge in [-0.25, -0.2) is 0 Å². The molecule has 0 saturated heterocycles. The summed E-state index contributed by atoms with van der Waals surface area (Å²) >= 11 is 0. The number of ketones is 1. The van der Waals surface area contributed by atoms with Gasteiger partial charge >= 0.3 is 0 Å². The molecule has 0 saturated carbocycles. The third-order valence-electron chi connectivity index (χ3n) is 4.77. The van der Waals surface area contributed by atoms with Crippen molar-refractivity contribution in [3.8, 4) is 0 Å². The van der Waals surface area contributed by atoms with Gasteiger partial charge in [-0.3, -0.25) is 9.59 Å². The molecule has 0 aliphatic rings. The predicted octanol–water partition coefficient (Wildman–Crippen LogP) is 5.08. The Labute approximate surface area is 168 Å². The van der Waals surface area contributed by atoms with Gasteiger partial charge < -0.3 is 15.5 Å². The van der Waals surface area contributed by atoms with E-state index in [-0.39, 0.29) is 11.7 Å². The van der Waals surface area contributed by atoms with Crippen LogP contribution in [0.2, 0.25) is 0 Å². The van der Waals surface area contributed by atoms with E-state index in [9.17, 15) is 9.59 Å². The van der Waals surface area contributed by atoms with Crippen LogP contribution in [0.1, 0.15) is 32.9 Å². The Bertz CT molecular complexity index is 1140. The minimum absolute atomic E-state index is 0.0393. The molecule has 5 nitrogen and oxygen atoms in total. The Balaban J connectivity index is 1.37. The molecule has 0 radical (unpaired) electrons. The lowest BCUT2D eigenvalue weighted by molar-refractivity contribution is 0.0957. The van der Waals surface area contributed by atoms with Gasteiger partial charge in [-0.05, 0) is 48.4 Å². The Hall–Kier alpha value is -3.86. The van der Waals surface area contributed by atoms with Gasteiger partial charge in [-0.2, -0.15) is 0 Å². The molecule has 0 spiro atoms. The number of carbonyl (C=O) groups is 2. The number of nitrogen functional groups attached to an aromatic ring is 1. The van der Waals surface area contributed by atoms with E-state index in [1.807, 2.05) is 48.5 Å². The number of Topliss-reactive ketones (excluding diaryl/α,β-unsaturated/α-hetero) is 1. The summed E-state index contributed by atoms with van der Waals surface area (Å²) in [5.41, 5.74) is 9.17. The summed E-state index contributed by atoms with van der Waals surface area (Å²) in [6.07, 6.45) is 0.912. The SMILES string of the molecule is Nc1ccccc1NC(=O)c1ccc(CCC(=O)c2cc3ccccc3o2)cc1. The number of amides is 1. The summed E-state index contributed by atoms with van der Waals surface area (Å²) in [7, 11) is 0. The van der Waals surface area contributed by atoms with Gasteiger partial charge in [0.25, 0.3) is 5.91 Å². The van der Waals surface area contributed by atoms with Crippen LogP contribution >= 0.6 is 0 Å². The van der Waals surface area contributed by atoms with Crippen LogP contribution in [-0.2, 0) is 6.42 Å². The second kappa shape index (κ2) is 8.02.